The van der Waals surface area contributed by atoms with Gasteiger partial charge < -0.3 is 14.7 Å². The van der Waals surface area contributed by atoms with Crippen LogP contribution in [0.25, 0.3) is 0 Å². The minimum Gasteiger partial charge on any atom is -0.484 e. The van der Waals surface area contributed by atoms with Gasteiger partial charge in [-0.1, -0.05) is 12.1 Å². The van der Waals surface area contributed by atoms with Crippen molar-refractivity contribution in [3.05, 3.63) is 29.8 Å². The van der Waals surface area contributed by atoms with E-state index in [-0.39, 0.29) is 12.5 Å². The summed E-state index contributed by atoms with van der Waals surface area (Å²) in [6, 6.07) is 7.20. The van der Waals surface area contributed by atoms with Crippen LogP contribution in [0.15, 0.2) is 24.3 Å². The first kappa shape index (κ1) is 13.9. The van der Waals surface area contributed by atoms with Gasteiger partial charge in [-0.2, -0.15) is 0 Å². The first-order valence-electron chi connectivity index (χ1n) is 6.71. The van der Waals surface area contributed by atoms with E-state index in [0.717, 1.165) is 12.1 Å². The molecular formula is C15H21NO3. The van der Waals surface area contributed by atoms with Crippen molar-refractivity contribution in [2.45, 2.75) is 25.9 Å². The summed E-state index contributed by atoms with van der Waals surface area (Å²) in [7, 11) is 1.82. The second-order valence-corrected chi connectivity index (χ2v) is 5.25. The highest BCUT2D eigenvalue weighted by Gasteiger charge is 2.24. The maximum atomic E-state index is 11.8. The van der Waals surface area contributed by atoms with Crippen molar-refractivity contribution >= 4 is 5.91 Å². The number of likely N-dealkylation sites (N-methyl/N-ethyl adjacent to an activating group) is 1. The monoisotopic (exact) mass is 263 g/mol. The Balaban J connectivity index is 1.83. The average Bonchev–Trinajstić information content (AvgIpc) is 3.20. The third kappa shape index (κ3) is 4.24. The molecule has 4 heteroatoms. The van der Waals surface area contributed by atoms with Gasteiger partial charge in [0.1, 0.15) is 5.75 Å². The van der Waals surface area contributed by atoms with E-state index in [9.17, 15) is 9.90 Å². The lowest BCUT2D eigenvalue weighted by Gasteiger charge is -2.17. The molecule has 1 aliphatic rings. The Morgan fingerprint density at radius 3 is 2.89 bits per heavy atom. The fourth-order valence-corrected chi connectivity index (χ4v) is 1.91. The number of amides is 1. The molecule has 1 atom stereocenters. The molecular weight excluding hydrogens is 242 g/mol. The van der Waals surface area contributed by atoms with E-state index in [1.54, 1.807) is 24.0 Å². The summed E-state index contributed by atoms with van der Waals surface area (Å²) in [6.45, 7) is 2.58. The lowest BCUT2D eigenvalue weighted by atomic mass is 10.1. The third-order valence-corrected chi connectivity index (χ3v) is 3.36. The zero-order chi connectivity index (χ0) is 13.8. The summed E-state index contributed by atoms with van der Waals surface area (Å²) in [5, 5.41) is 9.49. The number of carbonyl (C=O) groups excluding carboxylic acids is 1. The Kier molecular flexibility index (Phi) is 4.43. The summed E-state index contributed by atoms with van der Waals surface area (Å²) < 4.78 is 5.48. The van der Waals surface area contributed by atoms with E-state index in [1.807, 2.05) is 19.2 Å². The van der Waals surface area contributed by atoms with E-state index in [4.69, 9.17) is 4.74 Å². The van der Waals surface area contributed by atoms with Gasteiger partial charge in [-0.3, -0.25) is 4.79 Å². The second-order valence-electron chi connectivity index (χ2n) is 5.25. The molecule has 1 N–H and O–H groups in total. The van der Waals surface area contributed by atoms with Crippen LogP contribution in [0.1, 0.15) is 31.4 Å². The predicted molar refractivity (Wildman–Crippen MR) is 72.9 cm³/mol. The van der Waals surface area contributed by atoms with Crippen molar-refractivity contribution in [2.24, 2.45) is 5.92 Å². The van der Waals surface area contributed by atoms with Crippen molar-refractivity contribution in [2.75, 3.05) is 20.2 Å². The molecule has 1 aromatic carbocycles. The van der Waals surface area contributed by atoms with E-state index in [2.05, 4.69) is 0 Å². The Labute approximate surface area is 114 Å². The highest BCUT2D eigenvalue weighted by molar-refractivity contribution is 5.77. The molecule has 2 rings (SSSR count). The van der Waals surface area contributed by atoms with E-state index < -0.39 is 6.10 Å². The number of ether oxygens (including phenoxy) is 1. The van der Waals surface area contributed by atoms with Crippen LogP contribution in [0.2, 0.25) is 0 Å². The molecule has 0 radical (unpaired) electrons. The lowest BCUT2D eigenvalue weighted by Crippen LogP contribution is -2.33. The summed E-state index contributed by atoms with van der Waals surface area (Å²) >= 11 is 0. The minimum absolute atomic E-state index is 0.00523. The number of nitrogens with zero attached hydrogens (tertiary/aromatic N) is 1. The second kappa shape index (κ2) is 6.06. The van der Waals surface area contributed by atoms with Gasteiger partial charge in [-0.15, -0.1) is 0 Å². The molecule has 104 valence electrons. The summed E-state index contributed by atoms with van der Waals surface area (Å²) in [5.74, 6) is 1.30. The van der Waals surface area contributed by atoms with Gasteiger partial charge >= 0.3 is 0 Å². The molecule has 1 fully saturated rings. The standard InChI is InChI=1S/C15H21NO3/c1-11(17)13-4-3-5-14(8-13)19-10-15(18)16(2)9-12-6-7-12/h3-5,8,11-12,17H,6-7,9-10H2,1-2H3. The van der Waals surface area contributed by atoms with Crippen molar-refractivity contribution in [3.63, 3.8) is 0 Å². The van der Waals surface area contributed by atoms with Crippen LogP contribution in [-0.4, -0.2) is 36.1 Å². The van der Waals surface area contributed by atoms with Crippen molar-refractivity contribution in [1.82, 2.24) is 4.90 Å². The number of hydrogen-bond donors (Lipinski definition) is 1. The largest absolute Gasteiger partial charge is 0.484 e. The Morgan fingerprint density at radius 2 is 2.26 bits per heavy atom. The highest BCUT2D eigenvalue weighted by Crippen LogP contribution is 2.29. The van der Waals surface area contributed by atoms with Crippen molar-refractivity contribution < 1.29 is 14.6 Å². The van der Waals surface area contributed by atoms with Crippen LogP contribution in [0, 0.1) is 5.92 Å². The summed E-state index contributed by atoms with van der Waals surface area (Å²) in [4.78, 5) is 13.6. The van der Waals surface area contributed by atoms with Gasteiger partial charge in [0.15, 0.2) is 6.61 Å². The number of hydrogen-bond acceptors (Lipinski definition) is 3. The zero-order valence-corrected chi connectivity index (χ0v) is 11.5. The van der Waals surface area contributed by atoms with Gasteiger partial charge in [0, 0.05) is 13.6 Å². The molecule has 0 aromatic heterocycles. The van der Waals surface area contributed by atoms with Crippen LogP contribution in [-0.2, 0) is 4.79 Å². The minimum atomic E-state index is -0.531. The van der Waals surface area contributed by atoms with Crippen LogP contribution in [0.4, 0.5) is 0 Å². The maximum absolute atomic E-state index is 11.8. The van der Waals surface area contributed by atoms with E-state index in [1.165, 1.54) is 12.8 Å². The fraction of sp³-hybridized carbons (Fsp3) is 0.533. The summed E-state index contributed by atoms with van der Waals surface area (Å²) in [6.07, 6.45) is 1.93. The molecule has 0 saturated heterocycles. The molecule has 0 bridgehead atoms. The maximum Gasteiger partial charge on any atom is 0.260 e. The normalized spacial score (nSPS) is 15.9. The van der Waals surface area contributed by atoms with Crippen LogP contribution >= 0.6 is 0 Å². The zero-order valence-electron chi connectivity index (χ0n) is 11.5. The molecule has 1 aliphatic carbocycles. The number of aliphatic hydroxyl groups excluding tert-OH is 1. The fourth-order valence-electron chi connectivity index (χ4n) is 1.91. The molecule has 19 heavy (non-hydrogen) atoms. The number of carbonyl (C=O) groups is 1. The van der Waals surface area contributed by atoms with Gasteiger partial charge in [-0.05, 0) is 43.4 Å². The molecule has 0 heterocycles. The summed E-state index contributed by atoms with van der Waals surface area (Å²) in [5.41, 5.74) is 0.788. The number of benzene rings is 1. The van der Waals surface area contributed by atoms with Gasteiger partial charge in [0.25, 0.3) is 5.91 Å². The quantitative estimate of drug-likeness (QED) is 0.854. The van der Waals surface area contributed by atoms with Gasteiger partial charge in [-0.25, -0.2) is 0 Å². The lowest BCUT2D eigenvalue weighted by molar-refractivity contribution is -0.132. The molecule has 0 spiro atoms. The average molecular weight is 263 g/mol. The predicted octanol–water partition coefficient (Wildman–Crippen LogP) is 1.99. The first-order chi connectivity index (χ1) is 9.06. The topological polar surface area (TPSA) is 49.8 Å². The molecule has 0 aliphatic heterocycles. The Morgan fingerprint density at radius 1 is 1.53 bits per heavy atom. The van der Waals surface area contributed by atoms with Crippen molar-refractivity contribution in [3.8, 4) is 5.75 Å². The van der Waals surface area contributed by atoms with Gasteiger partial charge in [0.05, 0.1) is 6.10 Å². The first-order valence-corrected chi connectivity index (χ1v) is 6.71. The molecule has 1 amide bonds. The smallest absolute Gasteiger partial charge is 0.260 e. The molecule has 1 aromatic rings. The van der Waals surface area contributed by atoms with E-state index >= 15 is 0 Å². The SMILES string of the molecule is CC(O)c1cccc(OCC(=O)N(C)CC2CC2)c1. The van der Waals surface area contributed by atoms with Crippen molar-refractivity contribution in [1.29, 1.82) is 0 Å². The van der Waals surface area contributed by atoms with E-state index in [0.29, 0.717) is 11.7 Å². The van der Waals surface area contributed by atoms with Crippen LogP contribution < -0.4 is 4.74 Å². The molecule has 1 saturated carbocycles. The Hall–Kier alpha value is -1.55. The number of rotatable bonds is 6. The molecule has 4 nitrogen and oxygen atoms in total. The van der Waals surface area contributed by atoms with Crippen LogP contribution in [0.5, 0.6) is 5.75 Å². The highest BCUT2D eigenvalue weighted by atomic mass is 16.5. The Bertz CT molecular complexity index is 441. The number of aliphatic hydroxyl groups is 1. The molecule has 1 unspecified atom stereocenters. The van der Waals surface area contributed by atoms with Gasteiger partial charge in [0.2, 0.25) is 0 Å². The van der Waals surface area contributed by atoms with Crippen LogP contribution in [0.3, 0.4) is 0 Å². The third-order valence-electron chi connectivity index (χ3n) is 3.36.